The highest BCUT2D eigenvalue weighted by atomic mass is 19.3. The topological polar surface area (TPSA) is 50.7 Å². The molecular weight excluding hydrogens is 286 g/mol. The molecule has 4 nitrogen and oxygen atoms in total. The van der Waals surface area contributed by atoms with Crippen LogP contribution in [0.15, 0.2) is 30.5 Å². The number of hydrogen-bond acceptors (Lipinski definition) is 4. The average molecular weight is 304 g/mol. The molecule has 0 aromatic carbocycles. The van der Waals surface area contributed by atoms with Crippen molar-refractivity contribution in [3.05, 3.63) is 36.2 Å². The fraction of sp³-hybridized carbons (Fsp3) is 0.438. The fourth-order valence-corrected chi connectivity index (χ4v) is 2.62. The molecule has 0 radical (unpaired) electrons. The van der Waals surface area contributed by atoms with Crippen LogP contribution in [0.25, 0.3) is 11.5 Å². The van der Waals surface area contributed by atoms with Crippen LogP contribution >= 0.6 is 0 Å². The van der Waals surface area contributed by atoms with E-state index in [1.165, 1.54) is 0 Å². The third-order valence-electron chi connectivity index (χ3n) is 3.84. The molecule has 0 unspecified atom stereocenters. The molecular formula is C16H18F2N4. The number of pyridine rings is 1. The van der Waals surface area contributed by atoms with Crippen molar-refractivity contribution in [2.45, 2.75) is 44.6 Å². The first-order chi connectivity index (χ1) is 10.5. The first-order valence-corrected chi connectivity index (χ1v) is 7.43. The summed E-state index contributed by atoms with van der Waals surface area (Å²) >= 11 is 0. The summed E-state index contributed by atoms with van der Waals surface area (Å²) in [6, 6.07) is 7.46. The minimum atomic E-state index is -2.51. The van der Waals surface area contributed by atoms with E-state index in [9.17, 15) is 8.78 Å². The molecule has 0 atom stereocenters. The van der Waals surface area contributed by atoms with Gasteiger partial charge in [0.05, 0.1) is 0 Å². The molecule has 2 heterocycles. The largest absolute Gasteiger partial charge is 0.367 e. The van der Waals surface area contributed by atoms with E-state index in [0.717, 1.165) is 5.69 Å². The van der Waals surface area contributed by atoms with Gasteiger partial charge in [-0.25, -0.2) is 23.7 Å². The second-order valence-electron chi connectivity index (χ2n) is 5.70. The Bertz CT molecular complexity index is 650. The van der Waals surface area contributed by atoms with Crippen LogP contribution in [0, 0.1) is 6.92 Å². The smallest absolute Gasteiger partial charge is 0.248 e. The van der Waals surface area contributed by atoms with Crippen molar-refractivity contribution < 1.29 is 8.78 Å². The van der Waals surface area contributed by atoms with Gasteiger partial charge in [-0.15, -0.1) is 0 Å². The van der Waals surface area contributed by atoms with Crippen molar-refractivity contribution in [3.8, 4) is 11.5 Å². The van der Waals surface area contributed by atoms with E-state index in [1.54, 1.807) is 12.3 Å². The third kappa shape index (κ3) is 3.55. The first kappa shape index (κ1) is 14.8. The Labute approximate surface area is 128 Å². The van der Waals surface area contributed by atoms with Crippen molar-refractivity contribution in [1.82, 2.24) is 15.0 Å². The lowest BCUT2D eigenvalue weighted by molar-refractivity contribution is -0.0361. The summed E-state index contributed by atoms with van der Waals surface area (Å²) < 4.78 is 26.4. The number of halogens is 2. The minimum absolute atomic E-state index is 0.0350. The second-order valence-corrected chi connectivity index (χ2v) is 5.70. The Kier molecular flexibility index (Phi) is 4.00. The molecule has 3 rings (SSSR count). The summed E-state index contributed by atoms with van der Waals surface area (Å²) in [5.74, 6) is -1.32. The Morgan fingerprint density at radius 1 is 1.14 bits per heavy atom. The van der Waals surface area contributed by atoms with Crippen molar-refractivity contribution >= 4 is 5.82 Å². The molecule has 0 bridgehead atoms. The number of anilines is 1. The lowest BCUT2D eigenvalue weighted by Crippen LogP contribution is -2.32. The molecule has 22 heavy (non-hydrogen) atoms. The highest BCUT2D eigenvalue weighted by Crippen LogP contribution is 2.34. The molecule has 1 aliphatic rings. The minimum Gasteiger partial charge on any atom is -0.367 e. The van der Waals surface area contributed by atoms with Crippen molar-refractivity contribution in [2.75, 3.05) is 5.32 Å². The third-order valence-corrected chi connectivity index (χ3v) is 3.84. The molecule has 0 saturated heterocycles. The zero-order valence-corrected chi connectivity index (χ0v) is 12.4. The zero-order valence-electron chi connectivity index (χ0n) is 12.4. The molecule has 2 aromatic rings. The average Bonchev–Trinajstić information content (AvgIpc) is 2.50. The zero-order chi connectivity index (χ0) is 15.6. The van der Waals surface area contributed by atoms with Crippen LogP contribution in [0.4, 0.5) is 14.6 Å². The van der Waals surface area contributed by atoms with Gasteiger partial charge in [0.15, 0.2) is 5.82 Å². The summed E-state index contributed by atoms with van der Waals surface area (Å²) in [5.41, 5.74) is 1.60. The van der Waals surface area contributed by atoms with Gasteiger partial charge in [-0.2, -0.15) is 0 Å². The van der Waals surface area contributed by atoms with E-state index < -0.39 is 5.92 Å². The molecule has 6 heteroatoms. The molecule has 1 fully saturated rings. The maximum atomic E-state index is 13.2. The molecule has 0 aliphatic heterocycles. The Morgan fingerprint density at radius 2 is 1.91 bits per heavy atom. The number of aromatic nitrogens is 3. The van der Waals surface area contributed by atoms with Crippen LogP contribution in [-0.4, -0.2) is 26.9 Å². The predicted octanol–water partition coefficient (Wildman–Crippen LogP) is 3.84. The molecule has 0 amide bonds. The summed E-state index contributed by atoms with van der Waals surface area (Å²) in [7, 11) is 0. The van der Waals surface area contributed by atoms with Crippen LogP contribution in [0.3, 0.4) is 0 Å². The number of nitrogens with one attached hydrogen (secondary N) is 1. The van der Waals surface area contributed by atoms with E-state index in [4.69, 9.17) is 0 Å². The SMILES string of the molecule is Cc1cccc(-c2nccc(NC3CCC(F)(F)CC3)n2)n1. The van der Waals surface area contributed by atoms with Crippen LogP contribution < -0.4 is 5.32 Å². The number of aryl methyl sites for hydroxylation is 1. The van der Waals surface area contributed by atoms with Gasteiger partial charge < -0.3 is 5.32 Å². The van der Waals surface area contributed by atoms with Gasteiger partial charge in [0.25, 0.3) is 0 Å². The van der Waals surface area contributed by atoms with Crippen molar-refractivity contribution in [2.24, 2.45) is 0 Å². The summed E-state index contributed by atoms with van der Waals surface area (Å²) in [6.45, 7) is 1.91. The van der Waals surface area contributed by atoms with Gasteiger partial charge in [-0.05, 0) is 38.0 Å². The van der Waals surface area contributed by atoms with Gasteiger partial charge in [0.2, 0.25) is 5.92 Å². The van der Waals surface area contributed by atoms with Crippen molar-refractivity contribution in [3.63, 3.8) is 0 Å². The fourth-order valence-electron chi connectivity index (χ4n) is 2.62. The van der Waals surface area contributed by atoms with Gasteiger partial charge in [0.1, 0.15) is 11.5 Å². The van der Waals surface area contributed by atoms with Crippen LogP contribution in [0.1, 0.15) is 31.4 Å². The van der Waals surface area contributed by atoms with Gasteiger partial charge in [-0.1, -0.05) is 6.07 Å². The molecule has 2 aromatic heterocycles. The monoisotopic (exact) mass is 304 g/mol. The summed E-state index contributed by atoms with van der Waals surface area (Å²) in [4.78, 5) is 13.1. The lowest BCUT2D eigenvalue weighted by Gasteiger charge is -2.29. The molecule has 116 valence electrons. The molecule has 0 spiro atoms. The Hall–Kier alpha value is -2.11. The highest BCUT2D eigenvalue weighted by molar-refractivity contribution is 5.52. The maximum Gasteiger partial charge on any atom is 0.248 e. The van der Waals surface area contributed by atoms with Crippen molar-refractivity contribution in [1.29, 1.82) is 0 Å². The van der Waals surface area contributed by atoms with Crippen LogP contribution in [-0.2, 0) is 0 Å². The van der Waals surface area contributed by atoms with E-state index in [-0.39, 0.29) is 18.9 Å². The summed E-state index contributed by atoms with van der Waals surface area (Å²) in [6.07, 6.45) is 2.43. The van der Waals surface area contributed by atoms with E-state index in [2.05, 4.69) is 20.3 Å². The van der Waals surface area contributed by atoms with E-state index in [0.29, 0.717) is 30.2 Å². The molecule has 1 aliphatic carbocycles. The predicted molar refractivity (Wildman–Crippen MR) is 80.8 cm³/mol. The highest BCUT2D eigenvalue weighted by Gasteiger charge is 2.34. The van der Waals surface area contributed by atoms with E-state index in [1.807, 2.05) is 25.1 Å². The quantitative estimate of drug-likeness (QED) is 0.936. The standard InChI is InChI=1S/C16H18F2N4/c1-11-3-2-4-13(20-11)15-19-10-7-14(22-15)21-12-5-8-16(17,18)9-6-12/h2-4,7,10,12H,5-6,8-9H2,1H3,(H,19,21,22). The Balaban J connectivity index is 1.72. The summed E-state index contributed by atoms with van der Waals surface area (Å²) in [5, 5.41) is 3.23. The second kappa shape index (κ2) is 5.94. The first-order valence-electron chi connectivity index (χ1n) is 7.43. The van der Waals surface area contributed by atoms with Gasteiger partial charge >= 0.3 is 0 Å². The van der Waals surface area contributed by atoms with Crippen LogP contribution in [0.5, 0.6) is 0 Å². The maximum absolute atomic E-state index is 13.2. The number of hydrogen-bond donors (Lipinski definition) is 1. The van der Waals surface area contributed by atoms with E-state index >= 15 is 0 Å². The van der Waals surface area contributed by atoms with Gasteiger partial charge in [-0.3, -0.25) is 0 Å². The lowest BCUT2D eigenvalue weighted by atomic mass is 9.92. The van der Waals surface area contributed by atoms with Crippen LogP contribution in [0.2, 0.25) is 0 Å². The molecule has 1 saturated carbocycles. The normalized spacial score (nSPS) is 18.1. The van der Waals surface area contributed by atoms with Gasteiger partial charge in [0, 0.05) is 30.8 Å². The number of rotatable bonds is 3. The number of nitrogens with zero attached hydrogens (tertiary/aromatic N) is 3. The Morgan fingerprint density at radius 3 is 2.64 bits per heavy atom. The molecule has 1 N–H and O–H groups in total. The number of alkyl halides is 2.